The van der Waals surface area contributed by atoms with Gasteiger partial charge in [-0.05, 0) is 43.5 Å². The Balaban J connectivity index is 2.74. The van der Waals surface area contributed by atoms with E-state index < -0.39 is 0 Å². The molecule has 1 aromatic rings. The van der Waals surface area contributed by atoms with Crippen LogP contribution >= 0.6 is 15.9 Å². The van der Waals surface area contributed by atoms with Crippen LogP contribution in [0.15, 0.2) is 22.7 Å². The molecule has 2 atom stereocenters. The molecule has 5 heteroatoms. The highest BCUT2D eigenvalue weighted by atomic mass is 79.9. The third-order valence-corrected chi connectivity index (χ3v) is 3.75. The molecule has 4 nitrogen and oxygen atoms in total. The Morgan fingerprint density at radius 2 is 2.11 bits per heavy atom. The molecule has 0 radical (unpaired) electrons. The average Bonchev–Trinajstić information content (AvgIpc) is 2.39. The summed E-state index contributed by atoms with van der Waals surface area (Å²) in [6.07, 6.45) is 1.86. The van der Waals surface area contributed by atoms with Crippen LogP contribution in [0.1, 0.15) is 18.9 Å². The van der Waals surface area contributed by atoms with Crippen LogP contribution < -0.4 is 16.0 Å². The van der Waals surface area contributed by atoms with E-state index in [1.165, 1.54) is 5.56 Å². The molecule has 1 rings (SSSR count). The first-order valence-electron chi connectivity index (χ1n) is 5.92. The van der Waals surface area contributed by atoms with Crippen LogP contribution in [0, 0.1) is 0 Å². The van der Waals surface area contributed by atoms with E-state index in [1.54, 1.807) is 14.2 Å². The predicted molar refractivity (Wildman–Crippen MR) is 76.6 cm³/mol. The van der Waals surface area contributed by atoms with Gasteiger partial charge in [0.25, 0.3) is 0 Å². The maximum Gasteiger partial charge on any atom is 0.119 e. The summed E-state index contributed by atoms with van der Waals surface area (Å²) in [7, 11) is 3.37. The Hall–Kier alpha value is -0.620. The van der Waals surface area contributed by atoms with E-state index in [9.17, 15) is 0 Å². The van der Waals surface area contributed by atoms with Crippen molar-refractivity contribution in [2.45, 2.75) is 31.9 Å². The van der Waals surface area contributed by atoms with Crippen molar-refractivity contribution in [2.24, 2.45) is 5.84 Å². The lowest BCUT2D eigenvalue weighted by Gasteiger charge is -2.20. The van der Waals surface area contributed by atoms with Gasteiger partial charge in [0.05, 0.1) is 13.2 Å². The van der Waals surface area contributed by atoms with Crippen molar-refractivity contribution in [3.8, 4) is 5.75 Å². The van der Waals surface area contributed by atoms with Crippen molar-refractivity contribution in [3.63, 3.8) is 0 Å². The highest BCUT2D eigenvalue weighted by Gasteiger charge is 2.14. The van der Waals surface area contributed by atoms with Gasteiger partial charge < -0.3 is 9.47 Å². The number of hydrazine groups is 1. The summed E-state index contributed by atoms with van der Waals surface area (Å²) in [5.41, 5.74) is 4.01. The third kappa shape index (κ3) is 4.57. The number of hydrogen-bond donors (Lipinski definition) is 2. The summed E-state index contributed by atoms with van der Waals surface area (Å²) in [6.45, 7) is 2.03. The first kappa shape index (κ1) is 15.4. The molecule has 0 saturated carbocycles. The first-order valence-corrected chi connectivity index (χ1v) is 6.71. The van der Waals surface area contributed by atoms with Crippen molar-refractivity contribution in [2.75, 3.05) is 14.2 Å². The van der Waals surface area contributed by atoms with E-state index in [0.29, 0.717) is 0 Å². The first-order chi connectivity index (χ1) is 8.60. The number of methoxy groups -OCH3 is 2. The standard InChI is InChI=1S/C13H21BrN2O2/c1-9(17-2)6-11(16-15)7-10-8-12(18-3)4-5-13(10)14/h4-5,8-9,11,16H,6-7,15H2,1-3H3. The highest BCUT2D eigenvalue weighted by molar-refractivity contribution is 9.10. The average molecular weight is 317 g/mol. The molecule has 0 heterocycles. The Kier molecular flexibility index (Phi) is 6.63. The zero-order chi connectivity index (χ0) is 13.5. The molecule has 102 valence electrons. The summed E-state index contributed by atoms with van der Waals surface area (Å²) in [5, 5.41) is 0. The molecule has 0 amide bonds. The lowest BCUT2D eigenvalue weighted by molar-refractivity contribution is 0.100. The fraction of sp³-hybridized carbons (Fsp3) is 0.538. The minimum Gasteiger partial charge on any atom is -0.497 e. The van der Waals surface area contributed by atoms with Crippen LogP contribution in [-0.4, -0.2) is 26.4 Å². The molecular weight excluding hydrogens is 296 g/mol. The second-order valence-electron chi connectivity index (χ2n) is 4.31. The SMILES string of the molecule is COc1ccc(Br)c(CC(CC(C)OC)NN)c1. The fourth-order valence-corrected chi connectivity index (χ4v) is 2.22. The topological polar surface area (TPSA) is 56.5 Å². The van der Waals surface area contributed by atoms with Gasteiger partial charge in [0, 0.05) is 17.6 Å². The van der Waals surface area contributed by atoms with Crippen LogP contribution in [0.4, 0.5) is 0 Å². The molecule has 0 aliphatic rings. The molecule has 0 aliphatic carbocycles. The molecule has 0 saturated heterocycles. The molecule has 2 unspecified atom stereocenters. The molecule has 0 aromatic heterocycles. The van der Waals surface area contributed by atoms with Crippen LogP contribution in [-0.2, 0) is 11.2 Å². The summed E-state index contributed by atoms with van der Waals surface area (Å²) in [5.74, 6) is 6.44. The van der Waals surface area contributed by atoms with Gasteiger partial charge in [-0.2, -0.15) is 0 Å². The van der Waals surface area contributed by atoms with Crippen molar-refractivity contribution in [1.82, 2.24) is 5.43 Å². The number of ether oxygens (including phenoxy) is 2. The Bertz CT molecular complexity index is 374. The number of hydrogen-bond acceptors (Lipinski definition) is 4. The smallest absolute Gasteiger partial charge is 0.119 e. The quantitative estimate of drug-likeness (QED) is 0.598. The number of benzene rings is 1. The van der Waals surface area contributed by atoms with E-state index in [-0.39, 0.29) is 12.1 Å². The molecule has 3 N–H and O–H groups in total. The molecule has 0 bridgehead atoms. The lowest BCUT2D eigenvalue weighted by atomic mass is 10.0. The van der Waals surface area contributed by atoms with E-state index >= 15 is 0 Å². The molecule has 0 spiro atoms. The van der Waals surface area contributed by atoms with Crippen LogP contribution in [0.3, 0.4) is 0 Å². The summed E-state index contributed by atoms with van der Waals surface area (Å²) >= 11 is 3.55. The Morgan fingerprint density at radius 1 is 1.39 bits per heavy atom. The van der Waals surface area contributed by atoms with E-state index in [2.05, 4.69) is 21.4 Å². The second kappa shape index (κ2) is 7.74. The molecule has 18 heavy (non-hydrogen) atoms. The van der Waals surface area contributed by atoms with Crippen molar-refractivity contribution in [1.29, 1.82) is 0 Å². The number of halogens is 1. The van der Waals surface area contributed by atoms with Gasteiger partial charge in [-0.15, -0.1) is 0 Å². The minimum absolute atomic E-state index is 0.170. The molecule has 1 aromatic carbocycles. The van der Waals surface area contributed by atoms with E-state index in [1.807, 2.05) is 25.1 Å². The summed E-state index contributed by atoms with van der Waals surface area (Å²) in [6, 6.07) is 6.10. The van der Waals surface area contributed by atoms with E-state index in [0.717, 1.165) is 23.1 Å². The van der Waals surface area contributed by atoms with Gasteiger partial charge in [0.1, 0.15) is 5.75 Å². The van der Waals surface area contributed by atoms with Crippen molar-refractivity contribution < 1.29 is 9.47 Å². The van der Waals surface area contributed by atoms with Crippen LogP contribution in [0.5, 0.6) is 5.75 Å². The number of nitrogens with one attached hydrogen (secondary N) is 1. The molecule has 0 aliphatic heterocycles. The normalized spacial score (nSPS) is 14.3. The Morgan fingerprint density at radius 3 is 2.67 bits per heavy atom. The van der Waals surface area contributed by atoms with Crippen molar-refractivity contribution in [3.05, 3.63) is 28.2 Å². The maximum absolute atomic E-state index is 5.59. The summed E-state index contributed by atoms with van der Waals surface area (Å²) in [4.78, 5) is 0. The maximum atomic E-state index is 5.59. The third-order valence-electron chi connectivity index (χ3n) is 2.97. The van der Waals surface area contributed by atoms with Gasteiger partial charge in [-0.1, -0.05) is 15.9 Å². The van der Waals surface area contributed by atoms with Crippen molar-refractivity contribution >= 4 is 15.9 Å². The largest absolute Gasteiger partial charge is 0.497 e. The van der Waals surface area contributed by atoms with Gasteiger partial charge in [0.15, 0.2) is 0 Å². The van der Waals surface area contributed by atoms with Gasteiger partial charge in [-0.3, -0.25) is 11.3 Å². The van der Waals surface area contributed by atoms with Gasteiger partial charge in [0.2, 0.25) is 0 Å². The van der Waals surface area contributed by atoms with Gasteiger partial charge >= 0.3 is 0 Å². The molecular formula is C13H21BrN2O2. The van der Waals surface area contributed by atoms with Gasteiger partial charge in [-0.25, -0.2) is 0 Å². The zero-order valence-corrected chi connectivity index (χ0v) is 12.7. The van der Waals surface area contributed by atoms with E-state index in [4.69, 9.17) is 15.3 Å². The van der Waals surface area contributed by atoms with Crippen LogP contribution in [0.2, 0.25) is 0 Å². The monoisotopic (exact) mass is 316 g/mol. The fourth-order valence-electron chi connectivity index (χ4n) is 1.81. The predicted octanol–water partition coefficient (Wildman–Crippen LogP) is 2.26. The number of rotatable bonds is 7. The molecule has 0 fully saturated rings. The Labute approximate surface area is 117 Å². The van der Waals surface area contributed by atoms with Crippen LogP contribution in [0.25, 0.3) is 0 Å². The zero-order valence-electron chi connectivity index (χ0n) is 11.1. The number of nitrogens with two attached hydrogens (primary N) is 1. The lowest BCUT2D eigenvalue weighted by Crippen LogP contribution is -2.39. The minimum atomic E-state index is 0.170. The summed E-state index contributed by atoms with van der Waals surface area (Å²) < 4.78 is 11.6. The highest BCUT2D eigenvalue weighted by Crippen LogP contribution is 2.24. The second-order valence-corrected chi connectivity index (χ2v) is 5.16.